The van der Waals surface area contributed by atoms with E-state index in [1.54, 1.807) is 0 Å². The molecule has 4 nitrogen and oxygen atoms in total. The molecule has 5 aromatic rings. The lowest BCUT2D eigenvalue weighted by molar-refractivity contribution is -0.780. The Bertz CT molecular complexity index is 1310. The van der Waals surface area contributed by atoms with Crippen LogP contribution in [-0.2, 0) is 14.1 Å². The van der Waals surface area contributed by atoms with E-state index in [1.807, 2.05) is 6.07 Å². The van der Waals surface area contributed by atoms with Crippen LogP contribution < -0.4 is 9.13 Å². The van der Waals surface area contributed by atoms with Crippen LogP contribution in [0.25, 0.3) is 33.3 Å². The number of imidazole rings is 1. The summed E-state index contributed by atoms with van der Waals surface area (Å²) < 4.78 is 8.93. The Morgan fingerprint density at radius 1 is 0.815 bits per heavy atom. The van der Waals surface area contributed by atoms with Gasteiger partial charge in [0.1, 0.15) is 18.8 Å². The molecule has 0 N–H and O–H groups in total. The molecule has 0 bridgehead atoms. The fraction of sp³-hybridized carbons (Fsp3) is 0.130. The van der Waals surface area contributed by atoms with Crippen LogP contribution in [0.3, 0.4) is 0 Å². The molecular weight excluding hydrogens is 332 g/mol. The van der Waals surface area contributed by atoms with Crippen molar-refractivity contribution in [1.82, 2.24) is 9.13 Å². The van der Waals surface area contributed by atoms with Gasteiger partial charge >= 0.3 is 11.6 Å². The van der Waals surface area contributed by atoms with E-state index in [-0.39, 0.29) is 0 Å². The molecule has 0 unspecified atom stereocenters. The zero-order valence-electron chi connectivity index (χ0n) is 15.8. The summed E-state index contributed by atoms with van der Waals surface area (Å²) in [4.78, 5) is 0. The molecule has 0 saturated heterocycles. The van der Waals surface area contributed by atoms with Crippen LogP contribution in [0.2, 0.25) is 0 Å². The predicted molar refractivity (Wildman–Crippen MR) is 107 cm³/mol. The lowest BCUT2D eigenvalue weighted by Gasteiger charge is -2.03. The summed E-state index contributed by atoms with van der Waals surface area (Å²) >= 11 is 0. The third-order valence-electron chi connectivity index (χ3n) is 5.50. The highest BCUT2D eigenvalue weighted by atomic mass is 15.2. The molecule has 5 rings (SSSR count). The number of aromatic nitrogens is 4. The number of nitrogens with zero attached hydrogens (tertiary/aromatic N) is 4. The minimum Gasteiger partial charge on any atom is -0.340 e. The van der Waals surface area contributed by atoms with E-state index >= 15 is 0 Å². The fourth-order valence-electron chi connectivity index (χ4n) is 4.14. The maximum atomic E-state index is 2.30. The molecule has 0 atom stereocenters. The van der Waals surface area contributed by atoms with Gasteiger partial charge in [-0.2, -0.15) is 4.57 Å². The van der Waals surface area contributed by atoms with Gasteiger partial charge in [0, 0.05) is 29.4 Å². The van der Waals surface area contributed by atoms with E-state index in [9.17, 15) is 0 Å². The van der Waals surface area contributed by atoms with Crippen LogP contribution in [0.1, 0.15) is 5.82 Å². The zero-order chi connectivity index (χ0) is 18.5. The molecule has 0 fully saturated rings. The number of pyridine rings is 1. The number of benzene rings is 2. The summed E-state index contributed by atoms with van der Waals surface area (Å²) in [6, 6.07) is 21.4. The summed E-state index contributed by atoms with van der Waals surface area (Å²) in [5, 5.41) is 2.58. The third kappa shape index (κ3) is 2.23. The van der Waals surface area contributed by atoms with Crippen molar-refractivity contribution in [2.45, 2.75) is 6.92 Å². The van der Waals surface area contributed by atoms with Crippen molar-refractivity contribution in [3.05, 3.63) is 85.1 Å². The van der Waals surface area contributed by atoms with Gasteiger partial charge in [-0.25, -0.2) is 4.57 Å². The van der Waals surface area contributed by atoms with Crippen molar-refractivity contribution in [2.75, 3.05) is 0 Å². The zero-order valence-corrected chi connectivity index (χ0v) is 15.8. The summed E-state index contributed by atoms with van der Waals surface area (Å²) in [5.41, 5.74) is 3.70. The van der Waals surface area contributed by atoms with Gasteiger partial charge in [-0.05, 0) is 24.3 Å². The first kappa shape index (κ1) is 15.8. The quantitative estimate of drug-likeness (QED) is 0.432. The maximum Gasteiger partial charge on any atom is 0.344 e. The minimum atomic E-state index is 1.14. The highest BCUT2D eigenvalue weighted by Gasteiger charge is 2.25. The molecule has 132 valence electrons. The van der Waals surface area contributed by atoms with Crippen molar-refractivity contribution in [2.24, 2.45) is 14.1 Å². The topological polar surface area (TPSA) is 17.6 Å². The van der Waals surface area contributed by atoms with Crippen LogP contribution in [0.5, 0.6) is 0 Å². The fourth-order valence-corrected chi connectivity index (χ4v) is 4.14. The Morgan fingerprint density at radius 2 is 1.59 bits per heavy atom. The molecule has 0 amide bonds. The van der Waals surface area contributed by atoms with Crippen molar-refractivity contribution >= 4 is 21.8 Å². The number of rotatable bonds is 2. The summed E-state index contributed by atoms with van der Waals surface area (Å²) in [7, 11) is 4.22. The molecule has 3 aromatic heterocycles. The van der Waals surface area contributed by atoms with Gasteiger partial charge in [-0.3, -0.25) is 0 Å². The first-order valence-corrected chi connectivity index (χ1v) is 9.18. The van der Waals surface area contributed by atoms with E-state index in [0.29, 0.717) is 0 Å². The van der Waals surface area contributed by atoms with Crippen LogP contribution in [0, 0.1) is 6.92 Å². The van der Waals surface area contributed by atoms with Crippen LogP contribution in [-0.4, -0.2) is 9.13 Å². The Balaban J connectivity index is 1.80. The van der Waals surface area contributed by atoms with Crippen molar-refractivity contribution in [3.8, 4) is 11.5 Å². The van der Waals surface area contributed by atoms with Gasteiger partial charge in [-0.15, -0.1) is 4.57 Å². The second-order valence-electron chi connectivity index (χ2n) is 7.00. The van der Waals surface area contributed by atoms with Crippen molar-refractivity contribution in [3.63, 3.8) is 0 Å². The average Bonchev–Trinajstić information content (AvgIpc) is 3.21. The molecule has 0 aliphatic carbocycles. The highest BCUT2D eigenvalue weighted by Crippen LogP contribution is 2.32. The molecule has 0 radical (unpaired) electrons. The van der Waals surface area contributed by atoms with Crippen molar-refractivity contribution < 1.29 is 9.13 Å². The first-order chi connectivity index (χ1) is 13.2. The Labute approximate surface area is 158 Å². The molecular formula is C23H22N4+2. The van der Waals surface area contributed by atoms with Gasteiger partial charge in [0.25, 0.3) is 0 Å². The standard InChI is InChI=1S/C23H22N4/c1-17-26(15-16-27(17)22-13-6-7-14-24(22)2)21-12-8-10-19-18-9-4-5-11-20(18)25(3)23(19)21/h4-16H,1-3H3/q+2. The van der Waals surface area contributed by atoms with E-state index in [2.05, 4.69) is 112 Å². The predicted octanol–water partition coefficient (Wildman–Crippen LogP) is 3.53. The van der Waals surface area contributed by atoms with E-state index in [1.165, 1.54) is 27.5 Å². The summed E-state index contributed by atoms with van der Waals surface area (Å²) in [6.07, 6.45) is 6.35. The number of hydrogen-bond acceptors (Lipinski definition) is 0. The molecule has 4 heteroatoms. The SMILES string of the molecule is Cc1n(-c2cccc3c4ccccc4n(C)c23)cc[n+]1-c1cccc[n+]1C. The minimum absolute atomic E-state index is 1.14. The number of fused-ring (bicyclic) bond motifs is 3. The Hall–Kier alpha value is -3.40. The van der Waals surface area contributed by atoms with Crippen LogP contribution in [0.4, 0.5) is 0 Å². The first-order valence-electron chi connectivity index (χ1n) is 9.18. The smallest absolute Gasteiger partial charge is 0.340 e. The molecule has 2 aromatic carbocycles. The Kier molecular flexibility index (Phi) is 3.41. The van der Waals surface area contributed by atoms with E-state index in [4.69, 9.17) is 0 Å². The second-order valence-corrected chi connectivity index (χ2v) is 7.00. The summed E-state index contributed by atoms with van der Waals surface area (Å²) in [6.45, 7) is 2.16. The average molecular weight is 354 g/mol. The monoisotopic (exact) mass is 354 g/mol. The number of aryl methyl sites for hydroxylation is 2. The van der Waals surface area contributed by atoms with Gasteiger partial charge < -0.3 is 4.57 Å². The Morgan fingerprint density at radius 3 is 2.44 bits per heavy atom. The summed E-state index contributed by atoms with van der Waals surface area (Å²) in [5.74, 6) is 2.30. The molecule has 27 heavy (non-hydrogen) atoms. The molecule has 0 aliphatic rings. The molecule has 0 spiro atoms. The lowest BCUT2D eigenvalue weighted by atomic mass is 10.1. The van der Waals surface area contributed by atoms with E-state index < -0.39 is 0 Å². The maximum absolute atomic E-state index is 2.30. The second kappa shape index (κ2) is 5.81. The van der Waals surface area contributed by atoms with Gasteiger partial charge in [0.2, 0.25) is 0 Å². The highest BCUT2D eigenvalue weighted by molar-refractivity contribution is 6.10. The van der Waals surface area contributed by atoms with Crippen LogP contribution in [0.15, 0.2) is 79.3 Å². The van der Waals surface area contributed by atoms with Gasteiger partial charge in [-0.1, -0.05) is 30.3 Å². The normalized spacial score (nSPS) is 11.5. The molecule has 0 saturated carbocycles. The van der Waals surface area contributed by atoms with Gasteiger partial charge in [0.15, 0.2) is 18.1 Å². The largest absolute Gasteiger partial charge is 0.344 e. The number of hydrogen-bond donors (Lipinski definition) is 0. The third-order valence-corrected chi connectivity index (χ3v) is 5.50. The lowest BCUT2D eigenvalue weighted by Crippen LogP contribution is -2.47. The number of para-hydroxylation sites is 2. The van der Waals surface area contributed by atoms with Crippen LogP contribution >= 0.6 is 0 Å². The van der Waals surface area contributed by atoms with Crippen molar-refractivity contribution in [1.29, 1.82) is 0 Å². The molecule has 0 aliphatic heterocycles. The molecule has 3 heterocycles. The van der Waals surface area contributed by atoms with E-state index in [0.717, 1.165) is 11.6 Å². The van der Waals surface area contributed by atoms with Gasteiger partial charge in [0.05, 0.1) is 6.92 Å².